The molecule has 0 bridgehead atoms. The smallest absolute Gasteiger partial charge is 0.122 e. The van der Waals surface area contributed by atoms with Crippen molar-refractivity contribution in [1.82, 2.24) is 0 Å². The van der Waals surface area contributed by atoms with Crippen molar-refractivity contribution in [1.29, 1.82) is 0 Å². The van der Waals surface area contributed by atoms with Crippen LogP contribution in [0.5, 0.6) is 5.75 Å². The number of nitrogens with zero attached hydrogens (tertiary/aromatic N) is 1. The van der Waals surface area contributed by atoms with Gasteiger partial charge in [-0.2, -0.15) is 0 Å². The molecule has 0 aromatic heterocycles. The van der Waals surface area contributed by atoms with Crippen LogP contribution in [0.4, 0.5) is 5.69 Å². The number of rotatable bonds is 2. The van der Waals surface area contributed by atoms with E-state index in [0.29, 0.717) is 5.75 Å². The monoisotopic (exact) mass is 274 g/mol. The third kappa shape index (κ3) is 2.64. The third-order valence-electron chi connectivity index (χ3n) is 5.16. The molecule has 3 unspecified atom stereocenters. The molecule has 3 nitrogen and oxygen atoms in total. The summed E-state index contributed by atoms with van der Waals surface area (Å²) in [5, 5.41) is 10.1. The van der Waals surface area contributed by atoms with Crippen LogP contribution < -0.4 is 10.6 Å². The number of aromatic hydroxyl groups is 1. The maximum atomic E-state index is 10.1. The summed E-state index contributed by atoms with van der Waals surface area (Å²) in [6, 6.07) is 5.86. The number of benzene rings is 1. The molecule has 3 atom stereocenters. The van der Waals surface area contributed by atoms with E-state index in [1.165, 1.54) is 32.1 Å². The van der Waals surface area contributed by atoms with Crippen LogP contribution in [0.3, 0.4) is 0 Å². The van der Waals surface area contributed by atoms with Crippen molar-refractivity contribution in [3.63, 3.8) is 0 Å². The Kier molecular flexibility index (Phi) is 3.88. The Morgan fingerprint density at radius 3 is 2.65 bits per heavy atom. The van der Waals surface area contributed by atoms with E-state index in [4.69, 9.17) is 5.73 Å². The highest BCUT2D eigenvalue weighted by Crippen LogP contribution is 2.38. The van der Waals surface area contributed by atoms with E-state index < -0.39 is 0 Å². The maximum Gasteiger partial charge on any atom is 0.122 e. The van der Waals surface area contributed by atoms with Crippen LogP contribution in [0.1, 0.15) is 50.6 Å². The van der Waals surface area contributed by atoms with Gasteiger partial charge in [-0.25, -0.2) is 0 Å². The summed E-state index contributed by atoms with van der Waals surface area (Å²) in [7, 11) is 0. The Bertz CT molecular complexity index is 472. The number of anilines is 1. The normalized spacial score (nSPS) is 28.0. The Hall–Kier alpha value is -1.22. The SMILES string of the molecule is CC(N)c1ccc(N2CCC3CCCCC3C2)cc1O. The molecule has 1 aromatic rings. The molecule has 1 heterocycles. The van der Waals surface area contributed by atoms with Gasteiger partial charge in [-0.1, -0.05) is 25.3 Å². The molecule has 0 radical (unpaired) electrons. The van der Waals surface area contributed by atoms with Crippen molar-refractivity contribution in [2.45, 2.75) is 45.1 Å². The topological polar surface area (TPSA) is 49.5 Å². The van der Waals surface area contributed by atoms with E-state index in [1.807, 2.05) is 19.1 Å². The van der Waals surface area contributed by atoms with E-state index in [-0.39, 0.29) is 6.04 Å². The van der Waals surface area contributed by atoms with E-state index >= 15 is 0 Å². The van der Waals surface area contributed by atoms with Crippen molar-refractivity contribution in [3.8, 4) is 5.75 Å². The zero-order chi connectivity index (χ0) is 14.1. The highest BCUT2D eigenvalue weighted by Gasteiger charge is 2.31. The van der Waals surface area contributed by atoms with E-state index in [2.05, 4.69) is 11.0 Å². The molecule has 2 fully saturated rings. The Morgan fingerprint density at radius 1 is 1.20 bits per heavy atom. The molecule has 3 N–H and O–H groups in total. The second-order valence-electron chi connectivity index (χ2n) is 6.57. The van der Waals surface area contributed by atoms with Gasteiger partial charge in [-0.15, -0.1) is 0 Å². The molecular weight excluding hydrogens is 248 g/mol. The Morgan fingerprint density at radius 2 is 1.95 bits per heavy atom. The van der Waals surface area contributed by atoms with Gasteiger partial charge in [-0.3, -0.25) is 0 Å². The first-order valence-electron chi connectivity index (χ1n) is 7.98. The molecule has 110 valence electrons. The number of phenols is 1. The van der Waals surface area contributed by atoms with Crippen LogP contribution in [-0.4, -0.2) is 18.2 Å². The van der Waals surface area contributed by atoms with Gasteiger partial charge in [0.1, 0.15) is 5.75 Å². The van der Waals surface area contributed by atoms with E-state index in [9.17, 15) is 5.11 Å². The van der Waals surface area contributed by atoms with Crippen LogP contribution >= 0.6 is 0 Å². The summed E-state index contributed by atoms with van der Waals surface area (Å²) in [5.74, 6) is 2.13. The molecule has 1 aliphatic heterocycles. The molecular formula is C17H26N2O. The largest absolute Gasteiger partial charge is 0.508 e. The predicted molar refractivity (Wildman–Crippen MR) is 83.0 cm³/mol. The molecule has 20 heavy (non-hydrogen) atoms. The van der Waals surface area contributed by atoms with Crippen LogP contribution in [0.15, 0.2) is 18.2 Å². The summed E-state index contributed by atoms with van der Waals surface area (Å²) in [5.41, 5.74) is 7.84. The standard InChI is InChI=1S/C17H26N2O/c1-12(18)16-7-6-15(10-17(16)20)19-9-8-13-4-2-3-5-14(13)11-19/h6-7,10,12-14,20H,2-5,8-9,11,18H2,1H3. The average Bonchev–Trinajstić information content (AvgIpc) is 2.46. The van der Waals surface area contributed by atoms with Gasteiger partial charge >= 0.3 is 0 Å². The molecule has 1 saturated heterocycles. The maximum absolute atomic E-state index is 10.1. The number of phenolic OH excluding ortho intramolecular Hbond substituents is 1. The molecule has 1 aromatic carbocycles. The number of hydrogen-bond donors (Lipinski definition) is 2. The predicted octanol–water partition coefficient (Wildman–Crippen LogP) is 3.43. The van der Waals surface area contributed by atoms with Crippen LogP contribution in [0.25, 0.3) is 0 Å². The second kappa shape index (κ2) is 5.65. The molecule has 1 aliphatic carbocycles. The summed E-state index contributed by atoms with van der Waals surface area (Å²) in [4.78, 5) is 2.44. The fourth-order valence-corrected chi connectivity index (χ4v) is 3.95. The minimum Gasteiger partial charge on any atom is -0.508 e. The number of nitrogens with two attached hydrogens (primary N) is 1. The lowest BCUT2D eigenvalue weighted by atomic mass is 9.75. The van der Waals surface area contributed by atoms with Gasteiger partial charge in [-0.05, 0) is 37.7 Å². The molecule has 3 heteroatoms. The third-order valence-corrected chi connectivity index (χ3v) is 5.16. The molecule has 2 aliphatic rings. The number of piperidine rings is 1. The van der Waals surface area contributed by atoms with Crippen molar-refractivity contribution < 1.29 is 5.11 Å². The van der Waals surface area contributed by atoms with Crippen LogP contribution in [-0.2, 0) is 0 Å². The van der Waals surface area contributed by atoms with Crippen molar-refractivity contribution in [2.75, 3.05) is 18.0 Å². The quantitative estimate of drug-likeness (QED) is 0.868. The lowest BCUT2D eigenvalue weighted by Gasteiger charge is -2.42. The number of fused-ring (bicyclic) bond motifs is 1. The average molecular weight is 274 g/mol. The second-order valence-corrected chi connectivity index (χ2v) is 6.57. The Labute approximate surface area is 121 Å². The van der Waals surface area contributed by atoms with Crippen LogP contribution in [0, 0.1) is 11.8 Å². The molecule has 0 amide bonds. The van der Waals surface area contributed by atoms with Crippen molar-refractivity contribution >= 4 is 5.69 Å². The van der Waals surface area contributed by atoms with Gasteiger partial charge in [0.25, 0.3) is 0 Å². The van der Waals surface area contributed by atoms with Gasteiger partial charge in [0, 0.05) is 36.4 Å². The van der Waals surface area contributed by atoms with E-state index in [0.717, 1.165) is 36.2 Å². The molecule has 3 rings (SSSR count). The minimum absolute atomic E-state index is 0.117. The first kappa shape index (κ1) is 13.7. The summed E-state index contributed by atoms with van der Waals surface area (Å²) >= 11 is 0. The summed E-state index contributed by atoms with van der Waals surface area (Å²) in [6.45, 7) is 4.18. The summed E-state index contributed by atoms with van der Waals surface area (Å²) in [6.07, 6.45) is 6.92. The van der Waals surface area contributed by atoms with Crippen LogP contribution in [0.2, 0.25) is 0 Å². The fraction of sp³-hybridized carbons (Fsp3) is 0.647. The number of hydrogen-bond acceptors (Lipinski definition) is 3. The van der Waals surface area contributed by atoms with E-state index in [1.54, 1.807) is 0 Å². The van der Waals surface area contributed by atoms with Gasteiger partial charge in [0.05, 0.1) is 0 Å². The van der Waals surface area contributed by atoms with Crippen molar-refractivity contribution in [2.24, 2.45) is 17.6 Å². The van der Waals surface area contributed by atoms with Crippen molar-refractivity contribution in [3.05, 3.63) is 23.8 Å². The molecule has 1 saturated carbocycles. The highest BCUT2D eigenvalue weighted by molar-refractivity contribution is 5.54. The van der Waals surface area contributed by atoms with Gasteiger partial charge in [0.15, 0.2) is 0 Å². The Balaban J connectivity index is 1.75. The summed E-state index contributed by atoms with van der Waals surface area (Å²) < 4.78 is 0. The lowest BCUT2D eigenvalue weighted by molar-refractivity contribution is 0.202. The zero-order valence-corrected chi connectivity index (χ0v) is 12.4. The van der Waals surface area contributed by atoms with Gasteiger partial charge in [0.2, 0.25) is 0 Å². The first-order chi connectivity index (χ1) is 9.65. The minimum atomic E-state index is -0.117. The molecule has 0 spiro atoms. The fourth-order valence-electron chi connectivity index (χ4n) is 3.95. The lowest BCUT2D eigenvalue weighted by Crippen LogP contribution is -2.41. The zero-order valence-electron chi connectivity index (χ0n) is 12.4. The first-order valence-corrected chi connectivity index (χ1v) is 7.98. The van der Waals surface area contributed by atoms with Gasteiger partial charge < -0.3 is 15.7 Å². The highest BCUT2D eigenvalue weighted by atomic mass is 16.3.